The van der Waals surface area contributed by atoms with Crippen LogP contribution in [0, 0.1) is 5.82 Å². The van der Waals surface area contributed by atoms with Crippen LogP contribution in [0.2, 0.25) is 5.02 Å². The third-order valence-corrected chi connectivity index (χ3v) is 4.22. The average Bonchev–Trinajstić information content (AvgIpc) is 2.98. The first-order valence-electron chi connectivity index (χ1n) is 7.59. The van der Waals surface area contributed by atoms with Crippen LogP contribution in [0.4, 0.5) is 4.39 Å². The molecule has 0 aliphatic carbocycles. The molecule has 3 rings (SSSR count). The summed E-state index contributed by atoms with van der Waals surface area (Å²) in [5.74, 6) is -1.83. The maximum Gasteiger partial charge on any atom is 0.355 e. The lowest BCUT2D eigenvalue weighted by Crippen LogP contribution is -2.25. The highest BCUT2D eigenvalue weighted by Gasteiger charge is 2.20. The van der Waals surface area contributed by atoms with Crippen LogP contribution in [-0.4, -0.2) is 25.7 Å². The molecule has 0 bridgehead atoms. The molecule has 0 saturated carbocycles. The maximum atomic E-state index is 13.6. The van der Waals surface area contributed by atoms with Gasteiger partial charge in [-0.05, 0) is 23.6 Å². The lowest BCUT2D eigenvalue weighted by atomic mass is 10.0. The second-order valence-electron chi connectivity index (χ2n) is 6.03. The van der Waals surface area contributed by atoms with Crippen molar-refractivity contribution in [1.82, 2.24) is 14.6 Å². The Morgan fingerprint density at radius 2 is 2.12 bits per heavy atom. The number of aromatic carboxylic acids is 1. The molecule has 0 saturated heterocycles. The monoisotopic (exact) mass is 363 g/mol. The molecule has 0 aliphatic rings. The van der Waals surface area contributed by atoms with E-state index in [1.54, 1.807) is 12.1 Å². The SMILES string of the molecule is CC(C)c1cc2nc(C(=O)O)c(Cc3ccc(Cl)c(F)c3)c(=O)n2[nH]1. The number of rotatable bonds is 4. The number of nitrogens with one attached hydrogen (secondary N) is 1. The van der Waals surface area contributed by atoms with E-state index in [0.29, 0.717) is 5.56 Å². The number of hydrogen-bond acceptors (Lipinski definition) is 3. The van der Waals surface area contributed by atoms with Gasteiger partial charge in [0, 0.05) is 18.2 Å². The Balaban J connectivity index is 2.19. The maximum absolute atomic E-state index is 13.6. The lowest BCUT2D eigenvalue weighted by Gasteiger charge is -2.07. The van der Waals surface area contributed by atoms with Crippen LogP contribution >= 0.6 is 11.6 Å². The quantitative estimate of drug-likeness (QED) is 0.745. The van der Waals surface area contributed by atoms with Crippen LogP contribution in [0.5, 0.6) is 0 Å². The van der Waals surface area contributed by atoms with Crippen LogP contribution < -0.4 is 5.56 Å². The third-order valence-electron chi connectivity index (χ3n) is 3.92. The smallest absolute Gasteiger partial charge is 0.355 e. The molecule has 3 aromatic rings. The van der Waals surface area contributed by atoms with Crippen molar-refractivity contribution in [1.29, 1.82) is 0 Å². The zero-order valence-corrected chi connectivity index (χ0v) is 14.3. The van der Waals surface area contributed by atoms with Gasteiger partial charge in [0.25, 0.3) is 5.56 Å². The van der Waals surface area contributed by atoms with Crippen LogP contribution in [0.1, 0.15) is 47.1 Å². The predicted molar refractivity (Wildman–Crippen MR) is 91.1 cm³/mol. The molecule has 25 heavy (non-hydrogen) atoms. The van der Waals surface area contributed by atoms with Gasteiger partial charge in [0.2, 0.25) is 0 Å². The van der Waals surface area contributed by atoms with Gasteiger partial charge in [0.05, 0.1) is 10.6 Å². The molecule has 130 valence electrons. The summed E-state index contributed by atoms with van der Waals surface area (Å²) in [7, 11) is 0. The van der Waals surface area contributed by atoms with Gasteiger partial charge in [-0.2, -0.15) is 0 Å². The number of fused-ring (bicyclic) bond motifs is 1. The van der Waals surface area contributed by atoms with Gasteiger partial charge in [-0.3, -0.25) is 9.89 Å². The number of hydrogen-bond donors (Lipinski definition) is 2. The van der Waals surface area contributed by atoms with E-state index in [1.807, 2.05) is 13.8 Å². The van der Waals surface area contributed by atoms with Gasteiger partial charge < -0.3 is 5.11 Å². The van der Waals surface area contributed by atoms with E-state index in [0.717, 1.165) is 5.69 Å². The van der Waals surface area contributed by atoms with Crippen LogP contribution in [0.25, 0.3) is 5.65 Å². The van der Waals surface area contributed by atoms with Gasteiger partial charge in [-0.25, -0.2) is 18.7 Å². The molecular formula is C17H15ClFN3O3. The molecule has 0 amide bonds. The van der Waals surface area contributed by atoms with E-state index in [1.165, 1.54) is 16.6 Å². The van der Waals surface area contributed by atoms with Gasteiger partial charge >= 0.3 is 5.97 Å². The number of carboxylic acid groups (broad SMARTS) is 1. The standard InChI is InChI=1S/C17H15ClFN3O3/c1-8(2)13-7-14-20-15(17(24)25)10(16(23)22(14)21-13)5-9-3-4-11(18)12(19)6-9/h3-4,6-8,21H,5H2,1-2H3,(H,24,25). The number of carboxylic acids is 1. The lowest BCUT2D eigenvalue weighted by molar-refractivity contribution is 0.0689. The molecule has 1 aromatic carbocycles. The zero-order valence-electron chi connectivity index (χ0n) is 13.5. The number of halogens is 2. The predicted octanol–water partition coefficient (Wildman–Crippen LogP) is 3.23. The molecule has 8 heteroatoms. The molecule has 0 atom stereocenters. The Kier molecular flexibility index (Phi) is 4.34. The Morgan fingerprint density at radius 3 is 2.72 bits per heavy atom. The number of carbonyl (C=O) groups is 1. The number of aromatic amines is 1. The van der Waals surface area contributed by atoms with Crippen molar-refractivity contribution in [3.63, 3.8) is 0 Å². The molecule has 0 unspecified atom stereocenters. The fourth-order valence-electron chi connectivity index (χ4n) is 2.56. The molecule has 2 aromatic heterocycles. The van der Waals surface area contributed by atoms with Crippen molar-refractivity contribution < 1.29 is 14.3 Å². The molecule has 2 heterocycles. The molecule has 2 N–H and O–H groups in total. The minimum absolute atomic E-state index is 0.0242. The van der Waals surface area contributed by atoms with Crippen molar-refractivity contribution >= 4 is 23.2 Å². The van der Waals surface area contributed by atoms with E-state index in [-0.39, 0.29) is 34.3 Å². The van der Waals surface area contributed by atoms with Crippen molar-refractivity contribution in [2.24, 2.45) is 0 Å². The normalized spacial score (nSPS) is 11.4. The summed E-state index contributed by atoms with van der Waals surface area (Å²) < 4.78 is 14.8. The van der Waals surface area contributed by atoms with Crippen molar-refractivity contribution in [3.05, 3.63) is 68.0 Å². The second kappa shape index (κ2) is 6.33. The van der Waals surface area contributed by atoms with Gasteiger partial charge in [-0.15, -0.1) is 0 Å². The average molecular weight is 364 g/mol. The summed E-state index contributed by atoms with van der Waals surface area (Å²) in [5, 5.41) is 12.3. The summed E-state index contributed by atoms with van der Waals surface area (Å²) >= 11 is 5.65. The molecule has 6 nitrogen and oxygen atoms in total. The number of H-pyrrole nitrogens is 1. The molecule has 0 spiro atoms. The Bertz CT molecular complexity index is 1040. The number of nitrogens with zero attached hydrogens (tertiary/aromatic N) is 2. The summed E-state index contributed by atoms with van der Waals surface area (Å²) in [6.45, 7) is 3.87. The first kappa shape index (κ1) is 17.2. The first-order chi connectivity index (χ1) is 11.8. The highest BCUT2D eigenvalue weighted by atomic mass is 35.5. The molecular weight excluding hydrogens is 349 g/mol. The van der Waals surface area contributed by atoms with Gasteiger partial charge in [0.1, 0.15) is 5.82 Å². The van der Waals surface area contributed by atoms with E-state index in [2.05, 4.69) is 10.1 Å². The minimum atomic E-state index is -1.31. The summed E-state index contributed by atoms with van der Waals surface area (Å²) in [6.07, 6.45) is -0.0689. The fourth-order valence-corrected chi connectivity index (χ4v) is 2.68. The Morgan fingerprint density at radius 1 is 1.40 bits per heavy atom. The summed E-state index contributed by atoms with van der Waals surface area (Å²) in [4.78, 5) is 28.4. The molecule has 0 fully saturated rings. The van der Waals surface area contributed by atoms with Crippen LogP contribution in [-0.2, 0) is 6.42 Å². The molecule has 0 radical (unpaired) electrons. The van der Waals surface area contributed by atoms with Crippen LogP contribution in [0.15, 0.2) is 29.1 Å². The minimum Gasteiger partial charge on any atom is -0.476 e. The Labute approximate surface area is 146 Å². The summed E-state index contributed by atoms with van der Waals surface area (Å²) in [5.41, 5.74) is 0.537. The largest absolute Gasteiger partial charge is 0.476 e. The van der Waals surface area contributed by atoms with Crippen molar-refractivity contribution in [2.75, 3.05) is 0 Å². The highest BCUT2D eigenvalue weighted by Crippen LogP contribution is 2.19. The first-order valence-corrected chi connectivity index (χ1v) is 7.97. The summed E-state index contributed by atoms with van der Waals surface area (Å²) in [6, 6.07) is 5.72. The zero-order chi connectivity index (χ0) is 18.3. The van der Waals surface area contributed by atoms with E-state index < -0.39 is 17.3 Å². The van der Waals surface area contributed by atoms with Gasteiger partial charge in [0.15, 0.2) is 11.3 Å². The van der Waals surface area contributed by atoms with E-state index >= 15 is 0 Å². The Hall–Kier alpha value is -2.67. The highest BCUT2D eigenvalue weighted by molar-refractivity contribution is 6.30. The fraction of sp³-hybridized carbons (Fsp3) is 0.235. The topological polar surface area (TPSA) is 87.5 Å². The van der Waals surface area contributed by atoms with E-state index in [4.69, 9.17) is 11.6 Å². The van der Waals surface area contributed by atoms with Crippen LogP contribution in [0.3, 0.4) is 0 Å². The van der Waals surface area contributed by atoms with Crippen molar-refractivity contribution in [2.45, 2.75) is 26.2 Å². The third kappa shape index (κ3) is 3.15. The van der Waals surface area contributed by atoms with Gasteiger partial charge in [-0.1, -0.05) is 31.5 Å². The molecule has 0 aliphatic heterocycles. The number of benzene rings is 1. The van der Waals surface area contributed by atoms with Crippen molar-refractivity contribution in [3.8, 4) is 0 Å². The number of aromatic nitrogens is 3. The second-order valence-corrected chi connectivity index (χ2v) is 6.44. The van der Waals surface area contributed by atoms with E-state index in [9.17, 15) is 19.1 Å².